The fourth-order valence-corrected chi connectivity index (χ4v) is 1.32. The number of carbonyl (C=O) groups excluding carboxylic acids is 2. The molecule has 0 saturated carbocycles. The van der Waals surface area contributed by atoms with Gasteiger partial charge < -0.3 is 10.1 Å². The molecule has 0 aromatic carbocycles. The molecule has 1 amide bonds. The first-order valence-corrected chi connectivity index (χ1v) is 5.83. The van der Waals surface area contributed by atoms with Gasteiger partial charge in [-0.25, -0.2) is 0 Å². The first-order chi connectivity index (χ1) is 8.94. The van der Waals surface area contributed by atoms with Gasteiger partial charge in [-0.1, -0.05) is 13.8 Å². The van der Waals surface area contributed by atoms with Crippen molar-refractivity contribution < 1.29 is 36.3 Å². The summed E-state index contributed by atoms with van der Waals surface area (Å²) in [5.41, 5.74) is 0. The Hall–Kier alpha value is -1.41. The van der Waals surface area contributed by atoms with Crippen molar-refractivity contribution in [3.8, 4) is 0 Å². The summed E-state index contributed by atoms with van der Waals surface area (Å²) in [5, 5.41) is 1.44. The highest BCUT2D eigenvalue weighted by molar-refractivity contribution is 5.98. The van der Waals surface area contributed by atoms with Crippen LogP contribution in [0.4, 0.5) is 22.0 Å². The van der Waals surface area contributed by atoms with E-state index in [1.807, 2.05) is 0 Å². The number of nitrogens with one attached hydrogen (secondary N) is 1. The number of alkyl halides is 5. The molecule has 4 nitrogen and oxygen atoms in total. The Labute approximate surface area is 112 Å². The van der Waals surface area contributed by atoms with Crippen molar-refractivity contribution in [2.45, 2.75) is 32.9 Å². The van der Waals surface area contributed by atoms with Crippen LogP contribution in [0.3, 0.4) is 0 Å². The van der Waals surface area contributed by atoms with Crippen LogP contribution in [0.1, 0.15) is 20.8 Å². The molecule has 1 unspecified atom stereocenters. The topological polar surface area (TPSA) is 55.4 Å². The van der Waals surface area contributed by atoms with Gasteiger partial charge in [0.05, 0.1) is 13.2 Å². The van der Waals surface area contributed by atoms with Crippen LogP contribution in [0.25, 0.3) is 0 Å². The predicted octanol–water partition coefficient (Wildman–Crippen LogP) is 2.14. The van der Waals surface area contributed by atoms with Gasteiger partial charge in [0.2, 0.25) is 5.91 Å². The van der Waals surface area contributed by atoms with Crippen LogP contribution < -0.4 is 5.32 Å². The lowest BCUT2D eigenvalue weighted by atomic mass is 9.95. The molecule has 0 aliphatic carbocycles. The molecule has 0 heterocycles. The molecule has 0 aromatic rings. The standard InChI is InChI=1S/C11H16F5NO3/c1-4-20-9(19)7(6(2)3)8(18)17-5-10(12,13)11(14,15)16/h6-7H,4-5H2,1-3H3,(H,17,18). The number of carbonyl (C=O) groups is 2. The molecular weight excluding hydrogens is 289 g/mol. The zero-order valence-electron chi connectivity index (χ0n) is 11.2. The van der Waals surface area contributed by atoms with Crippen LogP contribution in [-0.2, 0) is 14.3 Å². The van der Waals surface area contributed by atoms with Crippen molar-refractivity contribution >= 4 is 11.9 Å². The van der Waals surface area contributed by atoms with Crippen molar-refractivity contribution in [3.05, 3.63) is 0 Å². The molecule has 20 heavy (non-hydrogen) atoms. The van der Waals surface area contributed by atoms with Crippen molar-refractivity contribution in [2.24, 2.45) is 11.8 Å². The average molecular weight is 305 g/mol. The highest BCUT2D eigenvalue weighted by atomic mass is 19.4. The third-order valence-corrected chi connectivity index (χ3v) is 2.39. The van der Waals surface area contributed by atoms with E-state index in [0.717, 1.165) is 0 Å². The van der Waals surface area contributed by atoms with Gasteiger partial charge in [-0.15, -0.1) is 0 Å². The lowest BCUT2D eigenvalue weighted by Gasteiger charge is -2.22. The SMILES string of the molecule is CCOC(=O)C(C(=O)NCC(F)(F)C(F)(F)F)C(C)C. The lowest BCUT2D eigenvalue weighted by Crippen LogP contribution is -2.49. The number of amides is 1. The summed E-state index contributed by atoms with van der Waals surface area (Å²) in [6.45, 7) is 2.42. The molecular formula is C11H16F5NO3. The number of hydrogen-bond acceptors (Lipinski definition) is 3. The van der Waals surface area contributed by atoms with Gasteiger partial charge in [0, 0.05) is 0 Å². The Bertz CT molecular complexity index is 354. The third kappa shape index (κ3) is 4.93. The molecule has 0 saturated heterocycles. The second-order valence-electron chi connectivity index (χ2n) is 4.39. The normalized spacial score (nSPS) is 14.1. The number of halogens is 5. The number of ether oxygens (including phenoxy) is 1. The minimum atomic E-state index is -5.77. The minimum absolute atomic E-state index is 0.0337. The highest BCUT2D eigenvalue weighted by Crippen LogP contribution is 2.34. The van der Waals surface area contributed by atoms with Crippen LogP contribution in [0.15, 0.2) is 0 Å². The number of esters is 1. The molecule has 0 aromatic heterocycles. The molecule has 118 valence electrons. The molecule has 9 heteroatoms. The second kappa shape index (κ2) is 6.85. The Morgan fingerprint density at radius 2 is 1.65 bits per heavy atom. The van der Waals surface area contributed by atoms with E-state index in [4.69, 9.17) is 0 Å². The van der Waals surface area contributed by atoms with E-state index in [2.05, 4.69) is 4.74 Å². The average Bonchev–Trinajstić information content (AvgIpc) is 2.25. The van der Waals surface area contributed by atoms with Crippen LogP contribution in [0, 0.1) is 11.8 Å². The van der Waals surface area contributed by atoms with Gasteiger partial charge >= 0.3 is 18.1 Å². The zero-order chi connectivity index (χ0) is 16.1. The van der Waals surface area contributed by atoms with E-state index in [1.54, 1.807) is 0 Å². The summed E-state index contributed by atoms with van der Waals surface area (Å²) in [7, 11) is 0. The molecule has 1 N–H and O–H groups in total. The molecule has 1 atom stereocenters. The monoisotopic (exact) mass is 305 g/mol. The van der Waals surface area contributed by atoms with E-state index < -0.39 is 42.4 Å². The van der Waals surface area contributed by atoms with Gasteiger partial charge in [0.25, 0.3) is 0 Å². The third-order valence-electron chi connectivity index (χ3n) is 2.39. The van der Waals surface area contributed by atoms with Gasteiger partial charge in [0.15, 0.2) is 0 Å². The Morgan fingerprint density at radius 3 is 2.00 bits per heavy atom. The second-order valence-corrected chi connectivity index (χ2v) is 4.39. The predicted molar refractivity (Wildman–Crippen MR) is 59.0 cm³/mol. The van der Waals surface area contributed by atoms with Crippen LogP contribution in [0.5, 0.6) is 0 Å². The fraction of sp³-hybridized carbons (Fsp3) is 0.818. The molecule has 0 rings (SSSR count). The van der Waals surface area contributed by atoms with E-state index in [-0.39, 0.29) is 6.61 Å². The summed E-state index contributed by atoms with van der Waals surface area (Å²) in [6, 6.07) is 0. The number of rotatable bonds is 6. The summed E-state index contributed by atoms with van der Waals surface area (Å²) >= 11 is 0. The first kappa shape index (κ1) is 18.6. The van der Waals surface area contributed by atoms with Gasteiger partial charge in [-0.05, 0) is 12.8 Å². The van der Waals surface area contributed by atoms with E-state index in [1.165, 1.54) is 26.1 Å². The summed E-state index contributed by atoms with van der Waals surface area (Å²) < 4.78 is 65.7. The lowest BCUT2D eigenvalue weighted by molar-refractivity contribution is -0.278. The molecule has 0 aliphatic heterocycles. The highest BCUT2D eigenvalue weighted by Gasteiger charge is 2.57. The maximum atomic E-state index is 12.6. The fourth-order valence-electron chi connectivity index (χ4n) is 1.32. The van der Waals surface area contributed by atoms with Crippen molar-refractivity contribution in [3.63, 3.8) is 0 Å². The van der Waals surface area contributed by atoms with Gasteiger partial charge in [0.1, 0.15) is 5.92 Å². The minimum Gasteiger partial charge on any atom is -0.465 e. The van der Waals surface area contributed by atoms with E-state index >= 15 is 0 Å². The van der Waals surface area contributed by atoms with E-state index in [9.17, 15) is 31.5 Å². The van der Waals surface area contributed by atoms with Crippen LogP contribution in [0.2, 0.25) is 0 Å². The maximum Gasteiger partial charge on any atom is 0.455 e. The van der Waals surface area contributed by atoms with Gasteiger partial charge in [-0.2, -0.15) is 22.0 Å². The van der Waals surface area contributed by atoms with Crippen LogP contribution >= 0.6 is 0 Å². The quantitative estimate of drug-likeness (QED) is 0.465. The number of hydrogen-bond donors (Lipinski definition) is 1. The smallest absolute Gasteiger partial charge is 0.455 e. The molecule has 0 radical (unpaired) electrons. The summed E-state index contributed by atoms with van der Waals surface area (Å²) in [4.78, 5) is 23.0. The van der Waals surface area contributed by atoms with Crippen molar-refractivity contribution in [1.82, 2.24) is 5.32 Å². The van der Waals surface area contributed by atoms with Gasteiger partial charge in [-0.3, -0.25) is 9.59 Å². The molecule has 0 bridgehead atoms. The molecule has 0 fully saturated rings. The zero-order valence-corrected chi connectivity index (χ0v) is 11.2. The first-order valence-electron chi connectivity index (χ1n) is 5.83. The summed E-state index contributed by atoms with van der Waals surface area (Å²) in [5.74, 6) is -9.27. The van der Waals surface area contributed by atoms with Crippen LogP contribution in [-0.4, -0.2) is 37.1 Å². The van der Waals surface area contributed by atoms with Crippen molar-refractivity contribution in [2.75, 3.05) is 13.2 Å². The largest absolute Gasteiger partial charge is 0.465 e. The van der Waals surface area contributed by atoms with E-state index in [0.29, 0.717) is 0 Å². The molecule has 0 spiro atoms. The Balaban J connectivity index is 4.76. The molecule has 0 aliphatic rings. The maximum absolute atomic E-state index is 12.6. The summed E-state index contributed by atoms with van der Waals surface area (Å²) in [6.07, 6.45) is -5.77. The Morgan fingerprint density at radius 1 is 1.15 bits per heavy atom. The Kier molecular flexibility index (Phi) is 6.36. The van der Waals surface area contributed by atoms with Crippen molar-refractivity contribution in [1.29, 1.82) is 0 Å².